The van der Waals surface area contributed by atoms with E-state index < -0.39 is 12.0 Å². The van der Waals surface area contributed by atoms with Gasteiger partial charge in [-0.1, -0.05) is 0 Å². The molecule has 1 amide bonds. The molecule has 0 aliphatic heterocycles. The molecule has 19 heavy (non-hydrogen) atoms. The zero-order valence-corrected chi connectivity index (χ0v) is 11.9. The predicted molar refractivity (Wildman–Crippen MR) is 73.6 cm³/mol. The molecular weight excluding hydrogens is 266 g/mol. The third-order valence-corrected chi connectivity index (χ3v) is 3.58. The van der Waals surface area contributed by atoms with Crippen LogP contribution in [-0.4, -0.2) is 35.4 Å². The fourth-order valence-corrected chi connectivity index (χ4v) is 2.18. The zero-order valence-electron chi connectivity index (χ0n) is 11.0. The largest absolute Gasteiger partial charge is 0.497 e. The van der Waals surface area contributed by atoms with Gasteiger partial charge in [0.2, 0.25) is 5.91 Å². The molecule has 1 aromatic rings. The number of hydrogen-bond acceptors (Lipinski definition) is 4. The fourth-order valence-electron chi connectivity index (χ4n) is 1.30. The van der Waals surface area contributed by atoms with E-state index in [9.17, 15) is 9.59 Å². The number of amides is 1. The average molecular weight is 283 g/mol. The number of rotatable bonds is 6. The van der Waals surface area contributed by atoms with E-state index in [0.29, 0.717) is 0 Å². The molecule has 0 saturated carbocycles. The van der Waals surface area contributed by atoms with Crippen molar-refractivity contribution in [2.75, 3.05) is 7.11 Å². The Hall–Kier alpha value is -1.69. The smallest absolute Gasteiger partial charge is 0.325 e. The van der Waals surface area contributed by atoms with Crippen molar-refractivity contribution in [1.29, 1.82) is 0 Å². The van der Waals surface area contributed by atoms with Gasteiger partial charge in [-0.15, -0.1) is 11.8 Å². The average Bonchev–Trinajstić information content (AvgIpc) is 2.39. The van der Waals surface area contributed by atoms with Crippen LogP contribution in [-0.2, 0) is 9.59 Å². The molecule has 6 heteroatoms. The number of thioether (sulfide) groups is 1. The lowest BCUT2D eigenvalue weighted by atomic mass is 10.3. The molecule has 0 fully saturated rings. The molecule has 0 aliphatic rings. The molecule has 0 radical (unpaired) electrons. The Morgan fingerprint density at radius 1 is 1.26 bits per heavy atom. The summed E-state index contributed by atoms with van der Waals surface area (Å²) in [5, 5.41) is 10.8. The molecule has 5 nitrogen and oxygen atoms in total. The quantitative estimate of drug-likeness (QED) is 0.778. The molecule has 0 aliphatic carbocycles. The highest BCUT2D eigenvalue weighted by Crippen LogP contribution is 2.25. The van der Waals surface area contributed by atoms with Gasteiger partial charge in [-0.05, 0) is 38.1 Å². The normalized spacial score (nSPS) is 13.4. The van der Waals surface area contributed by atoms with E-state index in [1.165, 1.54) is 18.7 Å². The molecule has 2 atom stereocenters. The van der Waals surface area contributed by atoms with Crippen LogP contribution in [0.5, 0.6) is 5.75 Å². The van der Waals surface area contributed by atoms with Crippen molar-refractivity contribution in [2.24, 2.45) is 0 Å². The molecule has 2 N–H and O–H groups in total. The van der Waals surface area contributed by atoms with Crippen molar-refractivity contribution >= 4 is 23.6 Å². The summed E-state index contributed by atoms with van der Waals surface area (Å²) in [6.45, 7) is 3.17. The second kappa shape index (κ2) is 7.04. The third-order valence-electron chi connectivity index (χ3n) is 2.47. The summed E-state index contributed by atoms with van der Waals surface area (Å²) in [4.78, 5) is 23.3. The Balaban J connectivity index is 2.55. The molecule has 2 unspecified atom stereocenters. The summed E-state index contributed by atoms with van der Waals surface area (Å²) in [6.07, 6.45) is 0. The van der Waals surface area contributed by atoms with E-state index in [1.807, 2.05) is 24.3 Å². The van der Waals surface area contributed by atoms with Crippen LogP contribution in [0.3, 0.4) is 0 Å². The zero-order chi connectivity index (χ0) is 14.4. The molecule has 0 aromatic heterocycles. The number of benzene rings is 1. The minimum absolute atomic E-state index is 0.296. The molecule has 1 aromatic carbocycles. The molecule has 0 saturated heterocycles. The van der Waals surface area contributed by atoms with Crippen molar-refractivity contribution in [3.05, 3.63) is 24.3 Å². The van der Waals surface area contributed by atoms with Crippen LogP contribution in [0.4, 0.5) is 0 Å². The molecule has 104 valence electrons. The van der Waals surface area contributed by atoms with E-state index in [0.717, 1.165) is 10.6 Å². The number of ether oxygens (including phenoxy) is 1. The van der Waals surface area contributed by atoms with Crippen molar-refractivity contribution in [1.82, 2.24) is 5.32 Å². The first-order chi connectivity index (χ1) is 8.93. The van der Waals surface area contributed by atoms with Gasteiger partial charge in [0, 0.05) is 4.90 Å². The lowest BCUT2D eigenvalue weighted by molar-refractivity contribution is -0.141. The first-order valence-electron chi connectivity index (χ1n) is 5.78. The number of methoxy groups -OCH3 is 1. The number of carboxylic acid groups (broad SMARTS) is 1. The van der Waals surface area contributed by atoms with Crippen LogP contribution >= 0.6 is 11.8 Å². The van der Waals surface area contributed by atoms with Gasteiger partial charge in [0.15, 0.2) is 0 Å². The summed E-state index contributed by atoms with van der Waals surface area (Å²) >= 11 is 1.36. The summed E-state index contributed by atoms with van der Waals surface area (Å²) in [5.74, 6) is -0.591. The Kier molecular flexibility index (Phi) is 5.69. The van der Waals surface area contributed by atoms with Crippen LogP contribution < -0.4 is 10.1 Å². The molecule has 1 rings (SSSR count). The van der Waals surface area contributed by atoms with Gasteiger partial charge in [-0.2, -0.15) is 0 Å². The van der Waals surface area contributed by atoms with Gasteiger partial charge in [0.05, 0.1) is 12.4 Å². The highest BCUT2D eigenvalue weighted by atomic mass is 32.2. The van der Waals surface area contributed by atoms with Gasteiger partial charge >= 0.3 is 5.97 Å². The highest BCUT2D eigenvalue weighted by molar-refractivity contribution is 8.00. The SMILES string of the molecule is COc1ccc(SC(C)C(=O)NC(C)C(=O)O)cc1. The Bertz CT molecular complexity index is 446. The van der Waals surface area contributed by atoms with Crippen molar-refractivity contribution in [3.63, 3.8) is 0 Å². The second-order valence-corrected chi connectivity index (χ2v) is 5.42. The Morgan fingerprint density at radius 2 is 1.84 bits per heavy atom. The summed E-state index contributed by atoms with van der Waals surface area (Å²) in [7, 11) is 1.59. The van der Waals surface area contributed by atoms with Gasteiger partial charge in [0.1, 0.15) is 11.8 Å². The molecule has 0 bridgehead atoms. The topological polar surface area (TPSA) is 75.6 Å². The lowest BCUT2D eigenvalue weighted by Crippen LogP contribution is -2.41. The standard InChI is InChI=1S/C13H17NO4S/c1-8(13(16)17)14-12(15)9(2)19-11-6-4-10(18-3)5-7-11/h4-9H,1-3H3,(H,14,15)(H,16,17). The van der Waals surface area contributed by atoms with Crippen molar-refractivity contribution < 1.29 is 19.4 Å². The van der Waals surface area contributed by atoms with E-state index in [4.69, 9.17) is 9.84 Å². The molecule has 0 heterocycles. The number of hydrogen-bond donors (Lipinski definition) is 2. The molecule has 0 spiro atoms. The van der Waals surface area contributed by atoms with Crippen LogP contribution in [0.25, 0.3) is 0 Å². The first-order valence-corrected chi connectivity index (χ1v) is 6.66. The lowest BCUT2D eigenvalue weighted by Gasteiger charge is -2.14. The summed E-state index contributed by atoms with van der Waals surface area (Å²) in [6, 6.07) is 6.45. The Labute approximate surface area is 116 Å². The van der Waals surface area contributed by atoms with E-state index in [2.05, 4.69) is 5.32 Å². The highest BCUT2D eigenvalue weighted by Gasteiger charge is 2.19. The summed E-state index contributed by atoms with van der Waals surface area (Å²) in [5.41, 5.74) is 0. The van der Waals surface area contributed by atoms with Crippen molar-refractivity contribution in [2.45, 2.75) is 30.0 Å². The van der Waals surface area contributed by atoms with E-state index in [1.54, 1.807) is 14.0 Å². The number of carboxylic acids is 1. The maximum atomic E-state index is 11.8. The number of carbonyl (C=O) groups excluding carboxylic acids is 1. The van der Waals surface area contributed by atoms with Crippen LogP contribution in [0.2, 0.25) is 0 Å². The van der Waals surface area contributed by atoms with Gasteiger partial charge in [0.25, 0.3) is 0 Å². The van der Waals surface area contributed by atoms with Gasteiger partial charge in [-0.25, -0.2) is 0 Å². The van der Waals surface area contributed by atoms with E-state index >= 15 is 0 Å². The van der Waals surface area contributed by atoms with Crippen LogP contribution in [0.1, 0.15) is 13.8 Å². The maximum Gasteiger partial charge on any atom is 0.325 e. The van der Waals surface area contributed by atoms with Gasteiger partial charge < -0.3 is 15.2 Å². The first kappa shape index (κ1) is 15.4. The predicted octanol–water partition coefficient (Wildman–Crippen LogP) is 1.77. The van der Waals surface area contributed by atoms with Crippen molar-refractivity contribution in [3.8, 4) is 5.75 Å². The van der Waals surface area contributed by atoms with Crippen LogP contribution in [0.15, 0.2) is 29.2 Å². The third kappa shape index (κ3) is 4.82. The maximum absolute atomic E-state index is 11.8. The van der Waals surface area contributed by atoms with Gasteiger partial charge in [-0.3, -0.25) is 9.59 Å². The minimum Gasteiger partial charge on any atom is -0.497 e. The second-order valence-electron chi connectivity index (χ2n) is 4.00. The fraction of sp³-hybridized carbons (Fsp3) is 0.385. The van der Waals surface area contributed by atoms with E-state index in [-0.39, 0.29) is 11.2 Å². The minimum atomic E-state index is -1.05. The summed E-state index contributed by atoms with van der Waals surface area (Å²) < 4.78 is 5.05. The monoisotopic (exact) mass is 283 g/mol. The number of carbonyl (C=O) groups is 2. The van der Waals surface area contributed by atoms with Crippen LogP contribution in [0, 0.1) is 0 Å². The number of nitrogens with one attached hydrogen (secondary N) is 1. The Morgan fingerprint density at radius 3 is 2.32 bits per heavy atom. The molecular formula is C13H17NO4S. The number of aliphatic carboxylic acids is 1.